The van der Waals surface area contributed by atoms with Gasteiger partial charge in [-0.3, -0.25) is 14.4 Å². The molecule has 0 bridgehead atoms. The first-order valence-corrected chi connectivity index (χ1v) is 11.0. The van der Waals surface area contributed by atoms with Crippen molar-refractivity contribution in [3.63, 3.8) is 0 Å². The van der Waals surface area contributed by atoms with E-state index < -0.39 is 0 Å². The summed E-state index contributed by atoms with van der Waals surface area (Å²) in [7, 11) is 0. The lowest BCUT2D eigenvalue weighted by Gasteiger charge is -2.33. The number of benzene rings is 1. The molecule has 1 aromatic carbocycles. The number of hydrogen-bond acceptors (Lipinski definition) is 4. The number of piperidine rings is 1. The van der Waals surface area contributed by atoms with Crippen LogP contribution in [0.4, 0.5) is 0 Å². The van der Waals surface area contributed by atoms with E-state index >= 15 is 0 Å². The third-order valence-corrected chi connectivity index (χ3v) is 6.36. The highest BCUT2D eigenvalue weighted by molar-refractivity contribution is 5.96. The Hall–Kier alpha value is -2.93. The second kappa shape index (κ2) is 9.06. The number of aryl methyl sites for hydroxylation is 2. The number of nitrogens with zero attached hydrogens (tertiary/aromatic N) is 3. The van der Waals surface area contributed by atoms with Crippen LogP contribution >= 0.6 is 0 Å². The van der Waals surface area contributed by atoms with Crippen molar-refractivity contribution in [3.05, 3.63) is 69.1 Å². The summed E-state index contributed by atoms with van der Waals surface area (Å²) in [6.07, 6.45) is 3.68. The molecule has 3 heterocycles. The summed E-state index contributed by atoms with van der Waals surface area (Å²) in [5, 5.41) is 9.79. The van der Waals surface area contributed by atoms with Gasteiger partial charge in [0.2, 0.25) is 5.91 Å². The number of carbonyl (C=O) groups excluding carboxylic acids is 2. The fourth-order valence-corrected chi connectivity index (χ4v) is 4.49. The van der Waals surface area contributed by atoms with E-state index in [0.29, 0.717) is 58.4 Å². The zero-order valence-electron chi connectivity index (χ0n) is 17.9. The number of pyridine rings is 1. The largest absolute Gasteiger partial charge is 0.393 e. The summed E-state index contributed by atoms with van der Waals surface area (Å²) in [4.78, 5) is 42.2. The van der Waals surface area contributed by atoms with Crippen molar-refractivity contribution in [1.29, 1.82) is 0 Å². The summed E-state index contributed by atoms with van der Waals surface area (Å²) in [6.45, 7) is 3.83. The molecule has 2 amide bonds. The van der Waals surface area contributed by atoms with Gasteiger partial charge in [0.05, 0.1) is 6.10 Å². The van der Waals surface area contributed by atoms with Gasteiger partial charge in [-0.15, -0.1) is 0 Å². The second-order valence-corrected chi connectivity index (χ2v) is 8.46. The minimum Gasteiger partial charge on any atom is -0.393 e. The van der Waals surface area contributed by atoms with Gasteiger partial charge in [-0.05, 0) is 42.4 Å². The average Bonchev–Trinajstić information content (AvgIpc) is 2.78. The highest BCUT2D eigenvalue weighted by atomic mass is 16.3. The predicted octanol–water partition coefficient (Wildman–Crippen LogP) is 1.59. The smallest absolute Gasteiger partial charge is 0.263 e. The van der Waals surface area contributed by atoms with Gasteiger partial charge in [0, 0.05) is 45.8 Å². The minimum atomic E-state index is -0.389. The van der Waals surface area contributed by atoms with Crippen LogP contribution in [0, 0.1) is 0 Å². The van der Waals surface area contributed by atoms with Crippen LogP contribution in [0.1, 0.15) is 46.8 Å². The van der Waals surface area contributed by atoms with Crippen molar-refractivity contribution in [2.45, 2.75) is 51.8 Å². The fraction of sp³-hybridized carbons (Fsp3) is 0.458. The topological polar surface area (TPSA) is 82.9 Å². The van der Waals surface area contributed by atoms with Gasteiger partial charge in [-0.25, -0.2) is 0 Å². The zero-order valence-corrected chi connectivity index (χ0v) is 17.9. The summed E-state index contributed by atoms with van der Waals surface area (Å²) in [5.74, 6) is -0.260. The molecule has 1 N–H and O–H groups in total. The number of fused-ring (bicyclic) bond motifs is 1. The molecule has 2 aliphatic heterocycles. The molecule has 1 fully saturated rings. The van der Waals surface area contributed by atoms with Crippen LogP contribution in [0.25, 0.3) is 0 Å². The van der Waals surface area contributed by atoms with E-state index in [1.807, 2.05) is 36.5 Å². The van der Waals surface area contributed by atoms with Crippen LogP contribution in [-0.4, -0.2) is 57.0 Å². The molecule has 31 heavy (non-hydrogen) atoms. The van der Waals surface area contributed by atoms with E-state index in [0.717, 1.165) is 16.7 Å². The van der Waals surface area contributed by atoms with Gasteiger partial charge < -0.3 is 19.5 Å². The Morgan fingerprint density at radius 1 is 1.06 bits per heavy atom. The molecule has 4 rings (SSSR count). The summed E-state index contributed by atoms with van der Waals surface area (Å²) < 4.78 is 1.63. The molecule has 7 heteroatoms. The van der Waals surface area contributed by atoms with Gasteiger partial charge in [0.15, 0.2) is 0 Å². The molecule has 2 aliphatic rings. The van der Waals surface area contributed by atoms with Gasteiger partial charge in [0.1, 0.15) is 5.56 Å². The van der Waals surface area contributed by atoms with Gasteiger partial charge in [0.25, 0.3) is 11.5 Å². The van der Waals surface area contributed by atoms with Crippen LogP contribution in [0.2, 0.25) is 0 Å². The molecule has 164 valence electrons. The van der Waals surface area contributed by atoms with Crippen molar-refractivity contribution in [2.24, 2.45) is 0 Å². The Labute approximate surface area is 181 Å². The third-order valence-electron chi connectivity index (χ3n) is 6.36. The molecule has 0 radical (unpaired) electrons. The van der Waals surface area contributed by atoms with Crippen LogP contribution < -0.4 is 5.56 Å². The van der Waals surface area contributed by atoms with Crippen molar-refractivity contribution < 1.29 is 14.7 Å². The molecule has 0 saturated carbocycles. The maximum Gasteiger partial charge on any atom is 0.263 e. The Morgan fingerprint density at radius 2 is 1.77 bits per heavy atom. The molecule has 1 saturated heterocycles. The summed E-state index contributed by atoms with van der Waals surface area (Å²) >= 11 is 0. The molecule has 0 atom stereocenters. The van der Waals surface area contributed by atoms with Crippen molar-refractivity contribution in [1.82, 2.24) is 14.4 Å². The molecule has 1 aromatic heterocycles. The Bertz CT molecular complexity index is 1020. The highest BCUT2D eigenvalue weighted by Crippen LogP contribution is 2.23. The second-order valence-electron chi connectivity index (χ2n) is 8.46. The minimum absolute atomic E-state index is 0.00872. The van der Waals surface area contributed by atoms with E-state index in [9.17, 15) is 19.5 Å². The summed E-state index contributed by atoms with van der Waals surface area (Å²) in [6, 6.07) is 9.93. The monoisotopic (exact) mass is 423 g/mol. The molecule has 0 spiro atoms. The molecular weight excluding hydrogens is 394 g/mol. The van der Waals surface area contributed by atoms with Crippen LogP contribution in [0.5, 0.6) is 0 Å². The van der Waals surface area contributed by atoms with Crippen molar-refractivity contribution >= 4 is 11.8 Å². The van der Waals surface area contributed by atoms with Crippen LogP contribution in [0.15, 0.2) is 41.3 Å². The van der Waals surface area contributed by atoms with E-state index in [2.05, 4.69) is 0 Å². The van der Waals surface area contributed by atoms with Gasteiger partial charge in [-0.2, -0.15) is 0 Å². The SMILES string of the molecule is CC(=O)N1CCc2c(cn(CCc3ccccc3)c(=O)c2C(=O)N2CCC(O)CC2)C1. The van der Waals surface area contributed by atoms with E-state index in [1.54, 1.807) is 21.3 Å². The van der Waals surface area contributed by atoms with E-state index in [1.165, 1.54) is 0 Å². The standard InChI is InChI=1S/C24H29N3O4/c1-17(28)26-14-10-21-19(15-26)16-27(11-7-18-5-3-2-4-6-18)24(31)22(21)23(30)25-12-8-20(29)9-13-25/h2-6,16,20,29H,7-15H2,1H3. The number of amides is 2. The third kappa shape index (κ3) is 4.56. The number of aromatic nitrogens is 1. The molecule has 0 aliphatic carbocycles. The first-order chi connectivity index (χ1) is 14.9. The van der Waals surface area contributed by atoms with E-state index in [-0.39, 0.29) is 29.0 Å². The number of carbonyl (C=O) groups is 2. The van der Waals surface area contributed by atoms with Gasteiger partial charge in [-0.1, -0.05) is 30.3 Å². The predicted molar refractivity (Wildman–Crippen MR) is 117 cm³/mol. The number of likely N-dealkylation sites (tertiary alicyclic amines) is 1. The van der Waals surface area contributed by atoms with Crippen LogP contribution in [0.3, 0.4) is 0 Å². The average molecular weight is 424 g/mol. The lowest BCUT2D eigenvalue weighted by Crippen LogP contribution is -2.45. The quantitative estimate of drug-likeness (QED) is 0.810. The maximum atomic E-state index is 13.4. The molecular formula is C24H29N3O4. The molecule has 7 nitrogen and oxygen atoms in total. The Balaban J connectivity index is 1.69. The number of rotatable bonds is 4. The van der Waals surface area contributed by atoms with Crippen molar-refractivity contribution in [3.8, 4) is 0 Å². The number of aliphatic hydroxyl groups is 1. The first kappa shape index (κ1) is 21.3. The fourth-order valence-electron chi connectivity index (χ4n) is 4.49. The maximum absolute atomic E-state index is 13.4. The van der Waals surface area contributed by atoms with E-state index in [4.69, 9.17) is 0 Å². The normalized spacial score (nSPS) is 16.8. The molecule has 0 unspecified atom stereocenters. The van der Waals surface area contributed by atoms with Gasteiger partial charge >= 0.3 is 0 Å². The lowest BCUT2D eigenvalue weighted by atomic mass is 9.95. The lowest BCUT2D eigenvalue weighted by molar-refractivity contribution is -0.129. The Morgan fingerprint density at radius 3 is 2.45 bits per heavy atom. The highest BCUT2D eigenvalue weighted by Gasteiger charge is 2.31. The van der Waals surface area contributed by atoms with Crippen molar-refractivity contribution in [2.75, 3.05) is 19.6 Å². The summed E-state index contributed by atoms with van der Waals surface area (Å²) in [5.41, 5.74) is 2.74. The first-order valence-electron chi connectivity index (χ1n) is 11.0. The Kier molecular flexibility index (Phi) is 6.23. The number of aliphatic hydroxyl groups excluding tert-OH is 1. The number of hydrogen-bond donors (Lipinski definition) is 1. The van der Waals surface area contributed by atoms with Crippen LogP contribution in [-0.2, 0) is 30.7 Å². The zero-order chi connectivity index (χ0) is 22.0. The molecule has 2 aromatic rings.